The van der Waals surface area contributed by atoms with Gasteiger partial charge in [-0.3, -0.25) is 14.6 Å². The summed E-state index contributed by atoms with van der Waals surface area (Å²) in [4.78, 5) is 30.5. The van der Waals surface area contributed by atoms with Gasteiger partial charge in [0.2, 0.25) is 0 Å². The van der Waals surface area contributed by atoms with Gasteiger partial charge in [-0.25, -0.2) is 4.39 Å². The maximum atomic E-state index is 13.3. The van der Waals surface area contributed by atoms with E-state index in [0.29, 0.717) is 34.6 Å². The van der Waals surface area contributed by atoms with E-state index in [0.717, 1.165) is 12.8 Å². The van der Waals surface area contributed by atoms with Crippen molar-refractivity contribution in [3.05, 3.63) is 41.3 Å². The average Bonchev–Trinajstić information content (AvgIpc) is 3.31. The maximum absolute atomic E-state index is 13.3. The van der Waals surface area contributed by atoms with Gasteiger partial charge >= 0.3 is 5.97 Å². The molecule has 1 aromatic heterocycles. The van der Waals surface area contributed by atoms with Crippen LogP contribution in [0.5, 0.6) is 0 Å². The fourth-order valence-corrected chi connectivity index (χ4v) is 3.88. The van der Waals surface area contributed by atoms with Gasteiger partial charge in [-0.1, -0.05) is 0 Å². The number of hydrogen-bond donors (Lipinski definition) is 1. The molecule has 2 fully saturated rings. The standard InChI is InChI=1S/C19H19FN2O3/c1-10-14(6-12-4-5-13(20)7-17(12)21-10)18(23)22-8-15(11-2-3-11)16(9-22)19(24)25/h4-7,11,15-16H,2-3,8-9H2,1H3,(H,24,25)/t15-,16+/m1/s1. The number of amides is 1. The molecule has 2 aliphatic rings. The first kappa shape index (κ1) is 16.0. The van der Waals surface area contributed by atoms with Crippen molar-refractivity contribution in [3.8, 4) is 0 Å². The fraction of sp³-hybridized carbons (Fsp3) is 0.421. The predicted octanol–water partition coefficient (Wildman–Crippen LogP) is 2.87. The summed E-state index contributed by atoms with van der Waals surface area (Å²) in [6.07, 6.45) is 2.11. The molecule has 1 amide bonds. The molecule has 6 heteroatoms. The minimum Gasteiger partial charge on any atom is -0.481 e. The number of benzene rings is 1. The Morgan fingerprint density at radius 3 is 2.68 bits per heavy atom. The number of fused-ring (bicyclic) bond motifs is 1. The van der Waals surface area contributed by atoms with Crippen LogP contribution in [0.4, 0.5) is 4.39 Å². The fourth-order valence-electron chi connectivity index (χ4n) is 3.88. The van der Waals surface area contributed by atoms with Gasteiger partial charge in [0, 0.05) is 24.5 Å². The molecule has 1 N–H and O–H groups in total. The van der Waals surface area contributed by atoms with Crippen LogP contribution in [0.2, 0.25) is 0 Å². The Kier molecular flexibility index (Phi) is 3.71. The second-order valence-electron chi connectivity index (χ2n) is 7.11. The van der Waals surface area contributed by atoms with Crippen LogP contribution in [0, 0.1) is 30.5 Å². The van der Waals surface area contributed by atoms with E-state index in [1.165, 1.54) is 12.1 Å². The number of halogens is 1. The molecule has 5 nitrogen and oxygen atoms in total. The van der Waals surface area contributed by atoms with Crippen LogP contribution < -0.4 is 0 Å². The highest BCUT2D eigenvalue weighted by Gasteiger charge is 2.47. The molecule has 1 aliphatic heterocycles. The smallest absolute Gasteiger partial charge is 0.308 e. The number of carbonyl (C=O) groups is 2. The van der Waals surface area contributed by atoms with Crippen molar-refractivity contribution >= 4 is 22.8 Å². The van der Waals surface area contributed by atoms with E-state index in [-0.39, 0.29) is 24.2 Å². The molecule has 130 valence electrons. The number of aryl methyl sites for hydroxylation is 1. The molecule has 25 heavy (non-hydrogen) atoms. The van der Waals surface area contributed by atoms with Crippen LogP contribution in [0.25, 0.3) is 10.9 Å². The number of rotatable bonds is 3. The SMILES string of the molecule is Cc1nc2cc(F)ccc2cc1C(=O)N1C[C@H](C(=O)O)[C@@H](C2CC2)C1. The number of aromatic nitrogens is 1. The largest absolute Gasteiger partial charge is 0.481 e. The number of carboxylic acid groups (broad SMARTS) is 1. The van der Waals surface area contributed by atoms with Gasteiger partial charge in [0.05, 0.1) is 22.7 Å². The number of aliphatic carboxylic acids is 1. The number of nitrogens with zero attached hydrogens (tertiary/aromatic N) is 2. The summed E-state index contributed by atoms with van der Waals surface area (Å²) in [6.45, 7) is 2.46. The number of carbonyl (C=O) groups excluding carboxylic acids is 1. The Bertz CT molecular complexity index is 878. The highest BCUT2D eigenvalue weighted by molar-refractivity contribution is 5.99. The minimum atomic E-state index is -0.823. The van der Waals surface area contributed by atoms with Crippen molar-refractivity contribution < 1.29 is 19.1 Å². The molecule has 0 radical (unpaired) electrons. The molecule has 1 aliphatic carbocycles. The minimum absolute atomic E-state index is 0.0456. The predicted molar refractivity (Wildman–Crippen MR) is 89.7 cm³/mol. The maximum Gasteiger partial charge on any atom is 0.308 e. The van der Waals surface area contributed by atoms with Crippen molar-refractivity contribution in [2.75, 3.05) is 13.1 Å². The molecule has 0 bridgehead atoms. The Labute approximate surface area is 144 Å². The molecule has 0 unspecified atom stereocenters. The van der Waals surface area contributed by atoms with Crippen LogP contribution in [-0.4, -0.2) is 40.0 Å². The van der Waals surface area contributed by atoms with Gasteiger partial charge in [-0.15, -0.1) is 0 Å². The third-order valence-electron chi connectivity index (χ3n) is 5.40. The monoisotopic (exact) mass is 342 g/mol. The molecular formula is C19H19FN2O3. The summed E-state index contributed by atoms with van der Waals surface area (Å²) in [5.74, 6) is -1.39. The number of carboxylic acids is 1. The van der Waals surface area contributed by atoms with Crippen molar-refractivity contribution in [2.24, 2.45) is 17.8 Å². The zero-order valence-electron chi connectivity index (χ0n) is 13.9. The lowest BCUT2D eigenvalue weighted by atomic mass is 9.92. The number of likely N-dealkylation sites (tertiary alicyclic amines) is 1. The van der Waals surface area contributed by atoms with Crippen molar-refractivity contribution in [3.63, 3.8) is 0 Å². The molecule has 1 aromatic carbocycles. The lowest BCUT2D eigenvalue weighted by molar-refractivity contribution is -0.142. The summed E-state index contributed by atoms with van der Waals surface area (Å²) in [6, 6.07) is 6.01. The summed E-state index contributed by atoms with van der Waals surface area (Å²) < 4.78 is 13.3. The van der Waals surface area contributed by atoms with Crippen LogP contribution >= 0.6 is 0 Å². The van der Waals surface area contributed by atoms with Gasteiger partial charge in [0.25, 0.3) is 5.91 Å². The Morgan fingerprint density at radius 2 is 2.00 bits per heavy atom. The summed E-state index contributed by atoms with van der Waals surface area (Å²) >= 11 is 0. The normalized spacial score (nSPS) is 23.2. The summed E-state index contributed by atoms with van der Waals surface area (Å²) in [5.41, 5.74) is 1.50. The molecule has 2 atom stereocenters. The van der Waals surface area contributed by atoms with Crippen molar-refractivity contribution in [1.82, 2.24) is 9.88 Å². The molecule has 4 rings (SSSR count). The van der Waals surface area contributed by atoms with E-state index >= 15 is 0 Å². The van der Waals surface area contributed by atoms with Gasteiger partial charge in [-0.05, 0) is 49.8 Å². The third-order valence-corrected chi connectivity index (χ3v) is 5.40. The van der Waals surface area contributed by atoms with Crippen LogP contribution in [0.15, 0.2) is 24.3 Å². The van der Waals surface area contributed by atoms with E-state index < -0.39 is 11.9 Å². The summed E-state index contributed by atoms with van der Waals surface area (Å²) in [5, 5.41) is 10.2. The zero-order valence-corrected chi connectivity index (χ0v) is 13.9. The first-order chi connectivity index (χ1) is 11.9. The van der Waals surface area contributed by atoms with Crippen LogP contribution in [0.1, 0.15) is 28.9 Å². The van der Waals surface area contributed by atoms with E-state index in [2.05, 4.69) is 4.98 Å². The molecular weight excluding hydrogens is 323 g/mol. The molecule has 2 aromatic rings. The van der Waals surface area contributed by atoms with Gasteiger partial charge in [-0.2, -0.15) is 0 Å². The molecule has 2 heterocycles. The average molecular weight is 342 g/mol. The van der Waals surface area contributed by atoms with Gasteiger partial charge in [0.15, 0.2) is 0 Å². The van der Waals surface area contributed by atoms with E-state index in [1.807, 2.05) is 0 Å². The van der Waals surface area contributed by atoms with Crippen molar-refractivity contribution in [1.29, 1.82) is 0 Å². The van der Waals surface area contributed by atoms with E-state index in [4.69, 9.17) is 0 Å². The number of pyridine rings is 1. The molecule has 1 saturated heterocycles. The van der Waals surface area contributed by atoms with E-state index in [1.54, 1.807) is 24.0 Å². The first-order valence-electron chi connectivity index (χ1n) is 8.53. The van der Waals surface area contributed by atoms with Gasteiger partial charge in [0.1, 0.15) is 5.82 Å². The van der Waals surface area contributed by atoms with Crippen LogP contribution in [0.3, 0.4) is 0 Å². The summed E-state index contributed by atoms with van der Waals surface area (Å²) in [7, 11) is 0. The molecule has 0 spiro atoms. The second kappa shape index (κ2) is 5.79. The van der Waals surface area contributed by atoms with Gasteiger partial charge < -0.3 is 10.0 Å². The first-order valence-corrected chi connectivity index (χ1v) is 8.53. The quantitative estimate of drug-likeness (QED) is 0.931. The lowest BCUT2D eigenvalue weighted by Crippen LogP contribution is -2.30. The Balaban J connectivity index is 1.64. The highest BCUT2D eigenvalue weighted by Crippen LogP contribution is 2.44. The highest BCUT2D eigenvalue weighted by atomic mass is 19.1. The zero-order chi connectivity index (χ0) is 17.7. The Hall–Kier alpha value is -2.50. The third kappa shape index (κ3) is 2.86. The topological polar surface area (TPSA) is 70.5 Å². The Morgan fingerprint density at radius 1 is 1.24 bits per heavy atom. The number of hydrogen-bond acceptors (Lipinski definition) is 3. The van der Waals surface area contributed by atoms with Crippen molar-refractivity contribution in [2.45, 2.75) is 19.8 Å². The lowest BCUT2D eigenvalue weighted by Gasteiger charge is -2.18. The van der Waals surface area contributed by atoms with Crippen LogP contribution in [-0.2, 0) is 4.79 Å². The second-order valence-corrected chi connectivity index (χ2v) is 7.11. The van der Waals surface area contributed by atoms with E-state index in [9.17, 15) is 19.1 Å². The molecule has 1 saturated carbocycles.